The van der Waals surface area contributed by atoms with E-state index in [1.54, 1.807) is 25.6 Å². The van der Waals surface area contributed by atoms with Gasteiger partial charge in [-0.3, -0.25) is 4.79 Å². The van der Waals surface area contributed by atoms with Crippen LogP contribution in [0.3, 0.4) is 0 Å². The molecule has 1 aliphatic rings. The maximum Gasteiger partial charge on any atom is 0.228 e. The van der Waals surface area contributed by atoms with Crippen LogP contribution in [0.2, 0.25) is 5.02 Å². The molecule has 0 saturated carbocycles. The number of fused-ring (bicyclic) bond motifs is 1. The second-order valence-corrected chi connectivity index (χ2v) is 7.22. The Morgan fingerprint density at radius 1 is 1.18 bits per heavy atom. The van der Waals surface area contributed by atoms with Crippen LogP contribution in [0.1, 0.15) is 18.4 Å². The lowest BCUT2D eigenvalue weighted by molar-refractivity contribution is -0.115. The number of hydrogen-bond acceptors (Lipinski definition) is 5. The van der Waals surface area contributed by atoms with Gasteiger partial charge in [-0.05, 0) is 48.7 Å². The molecule has 1 aliphatic heterocycles. The van der Waals surface area contributed by atoms with Crippen molar-refractivity contribution >= 4 is 39.9 Å². The molecule has 1 amide bonds. The van der Waals surface area contributed by atoms with E-state index >= 15 is 0 Å². The lowest BCUT2D eigenvalue weighted by atomic mass is 10.1. The fraction of sp³-hybridized carbons (Fsp3) is 0.286. The quantitative estimate of drug-likeness (QED) is 0.704. The molecule has 2 aromatic carbocycles. The van der Waals surface area contributed by atoms with Gasteiger partial charge in [-0.1, -0.05) is 17.7 Å². The number of benzene rings is 2. The lowest BCUT2D eigenvalue weighted by Crippen LogP contribution is -2.19. The van der Waals surface area contributed by atoms with Gasteiger partial charge in [0.05, 0.1) is 24.1 Å². The van der Waals surface area contributed by atoms with E-state index in [1.165, 1.54) is 12.8 Å². The van der Waals surface area contributed by atoms with E-state index in [2.05, 4.69) is 20.2 Å². The van der Waals surface area contributed by atoms with E-state index in [1.807, 2.05) is 24.3 Å². The number of ether oxygens (including phenoxy) is 1. The Bertz CT molecular complexity index is 1020. The summed E-state index contributed by atoms with van der Waals surface area (Å²) in [5.74, 6) is 1.41. The van der Waals surface area contributed by atoms with Gasteiger partial charge in [-0.25, -0.2) is 9.97 Å². The van der Waals surface area contributed by atoms with Gasteiger partial charge in [0.1, 0.15) is 17.9 Å². The van der Waals surface area contributed by atoms with Gasteiger partial charge in [0.25, 0.3) is 0 Å². The van der Waals surface area contributed by atoms with Crippen LogP contribution >= 0.6 is 11.6 Å². The van der Waals surface area contributed by atoms with Crippen LogP contribution in [0.25, 0.3) is 10.9 Å². The molecular formula is C21H21ClN4O2. The van der Waals surface area contributed by atoms with Gasteiger partial charge in [0, 0.05) is 24.2 Å². The number of rotatable bonds is 5. The van der Waals surface area contributed by atoms with Gasteiger partial charge >= 0.3 is 0 Å². The van der Waals surface area contributed by atoms with E-state index in [0.717, 1.165) is 41.1 Å². The van der Waals surface area contributed by atoms with Crippen LogP contribution in [0.4, 0.5) is 11.5 Å². The summed E-state index contributed by atoms with van der Waals surface area (Å²) in [6.45, 7) is 2.00. The summed E-state index contributed by atoms with van der Waals surface area (Å²) >= 11 is 6.14. The molecule has 2 heterocycles. The summed E-state index contributed by atoms with van der Waals surface area (Å²) in [4.78, 5) is 23.6. The normalized spacial score (nSPS) is 13.7. The molecule has 6 nitrogen and oxygen atoms in total. The van der Waals surface area contributed by atoms with Crippen molar-refractivity contribution in [1.82, 2.24) is 9.97 Å². The summed E-state index contributed by atoms with van der Waals surface area (Å²) < 4.78 is 5.15. The highest BCUT2D eigenvalue weighted by atomic mass is 35.5. The Morgan fingerprint density at radius 2 is 2.00 bits per heavy atom. The van der Waals surface area contributed by atoms with Gasteiger partial charge in [0.15, 0.2) is 0 Å². The highest BCUT2D eigenvalue weighted by Gasteiger charge is 2.17. The fourth-order valence-electron chi connectivity index (χ4n) is 3.51. The maximum absolute atomic E-state index is 12.5. The van der Waals surface area contributed by atoms with Crippen molar-refractivity contribution in [3.05, 3.63) is 53.3 Å². The van der Waals surface area contributed by atoms with Crippen molar-refractivity contribution in [2.24, 2.45) is 0 Å². The zero-order valence-electron chi connectivity index (χ0n) is 15.6. The molecule has 1 saturated heterocycles. The van der Waals surface area contributed by atoms with Gasteiger partial charge in [-0.2, -0.15) is 0 Å². The predicted octanol–water partition coefficient (Wildman–Crippen LogP) is 4.07. The predicted molar refractivity (Wildman–Crippen MR) is 111 cm³/mol. The average Bonchev–Trinajstić information content (AvgIpc) is 3.22. The highest BCUT2D eigenvalue weighted by Crippen LogP contribution is 2.29. The van der Waals surface area contributed by atoms with Crippen molar-refractivity contribution < 1.29 is 9.53 Å². The Balaban J connectivity index is 1.53. The van der Waals surface area contributed by atoms with Gasteiger partial charge in [0.2, 0.25) is 5.91 Å². The number of nitrogens with one attached hydrogen (secondary N) is 1. The Labute approximate surface area is 168 Å². The molecule has 4 rings (SSSR count). The third-order valence-electron chi connectivity index (χ3n) is 4.88. The highest BCUT2D eigenvalue weighted by molar-refractivity contribution is 6.32. The molecule has 7 heteroatoms. The first kappa shape index (κ1) is 18.5. The van der Waals surface area contributed by atoms with E-state index < -0.39 is 0 Å². The first-order chi connectivity index (χ1) is 13.6. The van der Waals surface area contributed by atoms with Gasteiger partial charge < -0.3 is 15.0 Å². The molecule has 28 heavy (non-hydrogen) atoms. The van der Waals surface area contributed by atoms with E-state index in [4.69, 9.17) is 16.3 Å². The van der Waals surface area contributed by atoms with Crippen LogP contribution in [0, 0.1) is 0 Å². The minimum atomic E-state index is -0.111. The number of halogens is 1. The fourth-order valence-corrected chi connectivity index (χ4v) is 3.79. The van der Waals surface area contributed by atoms with Crippen molar-refractivity contribution in [2.75, 3.05) is 30.4 Å². The summed E-state index contributed by atoms with van der Waals surface area (Å²) in [6, 6.07) is 11.1. The summed E-state index contributed by atoms with van der Waals surface area (Å²) in [5.41, 5.74) is 2.43. The summed E-state index contributed by atoms with van der Waals surface area (Å²) in [6.07, 6.45) is 4.17. The van der Waals surface area contributed by atoms with Crippen LogP contribution in [0.15, 0.2) is 42.7 Å². The number of methoxy groups -OCH3 is 1. The smallest absolute Gasteiger partial charge is 0.228 e. The number of carbonyl (C=O) groups excluding carboxylic acids is 1. The molecular weight excluding hydrogens is 376 g/mol. The molecule has 0 unspecified atom stereocenters. The molecule has 0 aliphatic carbocycles. The number of aromatic nitrogens is 2. The van der Waals surface area contributed by atoms with E-state index in [9.17, 15) is 4.79 Å². The van der Waals surface area contributed by atoms with Crippen LogP contribution in [0.5, 0.6) is 5.75 Å². The third kappa shape index (κ3) is 3.87. The van der Waals surface area contributed by atoms with E-state index in [-0.39, 0.29) is 12.3 Å². The monoisotopic (exact) mass is 396 g/mol. The lowest BCUT2D eigenvalue weighted by Gasteiger charge is -2.18. The van der Waals surface area contributed by atoms with Crippen molar-refractivity contribution in [2.45, 2.75) is 19.3 Å². The van der Waals surface area contributed by atoms with Crippen LogP contribution in [-0.4, -0.2) is 36.1 Å². The summed E-state index contributed by atoms with van der Waals surface area (Å²) in [7, 11) is 1.56. The molecule has 0 radical (unpaired) electrons. The SMILES string of the molecule is COc1ccc(CC(=O)Nc2ccc3ncnc(N4CCCC4)c3c2)cc1Cl. The number of anilines is 2. The van der Waals surface area contributed by atoms with Crippen molar-refractivity contribution in [1.29, 1.82) is 0 Å². The maximum atomic E-state index is 12.5. The molecule has 0 atom stereocenters. The number of hydrogen-bond donors (Lipinski definition) is 1. The Morgan fingerprint density at radius 3 is 2.75 bits per heavy atom. The minimum Gasteiger partial charge on any atom is -0.495 e. The molecule has 0 spiro atoms. The molecule has 144 valence electrons. The molecule has 0 bridgehead atoms. The molecule has 3 aromatic rings. The van der Waals surface area contributed by atoms with Gasteiger partial charge in [-0.15, -0.1) is 0 Å². The standard InChI is InChI=1S/C21H21ClN4O2/c1-28-19-7-4-14(10-17(19)22)11-20(27)25-15-5-6-18-16(12-15)21(24-13-23-18)26-8-2-3-9-26/h4-7,10,12-13H,2-3,8-9,11H2,1H3,(H,25,27). The first-order valence-electron chi connectivity index (χ1n) is 9.26. The van der Waals surface area contributed by atoms with Crippen LogP contribution < -0.4 is 15.0 Å². The minimum absolute atomic E-state index is 0.111. The molecule has 1 N–H and O–H groups in total. The molecule has 1 fully saturated rings. The van der Waals surface area contributed by atoms with Crippen molar-refractivity contribution in [3.8, 4) is 5.75 Å². The zero-order chi connectivity index (χ0) is 19.5. The average molecular weight is 397 g/mol. The van der Waals surface area contributed by atoms with E-state index in [0.29, 0.717) is 10.8 Å². The summed E-state index contributed by atoms with van der Waals surface area (Å²) in [5, 5.41) is 4.41. The van der Waals surface area contributed by atoms with Crippen molar-refractivity contribution in [3.63, 3.8) is 0 Å². The second kappa shape index (κ2) is 8.02. The second-order valence-electron chi connectivity index (χ2n) is 6.82. The topological polar surface area (TPSA) is 67.3 Å². The largest absolute Gasteiger partial charge is 0.495 e. The Kier molecular flexibility index (Phi) is 5.30. The molecule has 1 aromatic heterocycles. The number of amides is 1. The Hall–Kier alpha value is -2.86. The number of nitrogens with zero attached hydrogens (tertiary/aromatic N) is 3. The van der Waals surface area contributed by atoms with Crippen LogP contribution in [-0.2, 0) is 11.2 Å². The first-order valence-corrected chi connectivity index (χ1v) is 9.64. The number of carbonyl (C=O) groups is 1. The zero-order valence-corrected chi connectivity index (χ0v) is 16.4. The third-order valence-corrected chi connectivity index (χ3v) is 5.18.